The van der Waals surface area contributed by atoms with Crippen LogP contribution in [0.4, 0.5) is 0 Å². The SMILES string of the molecule is Cc1nccc(C2CN(C(=O)c3ccn[nH]3)CCO2)n1. The van der Waals surface area contributed by atoms with Crippen molar-refractivity contribution in [2.75, 3.05) is 19.7 Å². The molecule has 0 saturated carbocycles. The molecule has 0 bridgehead atoms. The molecule has 1 aliphatic heterocycles. The van der Waals surface area contributed by atoms with Crippen molar-refractivity contribution in [3.05, 3.63) is 41.7 Å². The van der Waals surface area contributed by atoms with Gasteiger partial charge < -0.3 is 9.64 Å². The van der Waals surface area contributed by atoms with E-state index in [0.717, 1.165) is 5.69 Å². The number of nitrogens with one attached hydrogen (secondary N) is 1. The fraction of sp³-hybridized carbons (Fsp3) is 0.385. The summed E-state index contributed by atoms with van der Waals surface area (Å²) < 4.78 is 5.71. The van der Waals surface area contributed by atoms with Crippen LogP contribution in [0.3, 0.4) is 0 Å². The zero-order chi connectivity index (χ0) is 13.9. The van der Waals surface area contributed by atoms with Crippen LogP contribution in [0.5, 0.6) is 0 Å². The predicted molar refractivity (Wildman–Crippen MR) is 70.0 cm³/mol. The van der Waals surface area contributed by atoms with Gasteiger partial charge in [0, 0.05) is 18.9 Å². The Kier molecular flexibility index (Phi) is 3.42. The lowest BCUT2D eigenvalue weighted by Crippen LogP contribution is -2.42. The number of carbonyl (C=O) groups is 1. The van der Waals surface area contributed by atoms with Gasteiger partial charge in [-0.2, -0.15) is 5.10 Å². The normalized spacial score (nSPS) is 19.1. The minimum absolute atomic E-state index is 0.0680. The van der Waals surface area contributed by atoms with Crippen LogP contribution in [0.2, 0.25) is 0 Å². The van der Waals surface area contributed by atoms with E-state index in [2.05, 4.69) is 20.2 Å². The molecule has 1 N–H and O–H groups in total. The van der Waals surface area contributed by atoms with Crippen LogP contribution in [-0.2, 0) is 4.74 Å². The van der Waals surface area contributed by atoms with E-state index in [9.17, 15) is 4.79 Å². The number of amides is 1. The van der Waals surface area contributed by atoms with Gasteiger partial charge in [0.05, 0.1) is 18.8 Å². The maximum Gasteiger partial charge on any atom is 0.272 e. The number of hydrogen-bond acceptors (Lipinski definition) is 5. The second-order valence-corrected chi connectivity index (χ2v) is 4.61. The molecule has 1 aliphatic rings. The average Bonchev–Trinajstić information content (AvgIpc) is 3.01. The third kappa shape index (κ3) is 2.53. The summed E-state index contributed by atoms with van der Waals surface area (Å²) in [6.45, 7) is 3.38. The van der Waals surface area contributed by atoms with Gasteiger partial charge in [0.1, 0.15) is 17.6 Å². The van der Waals surface area contributed by atoms with E-state index in [1.165, 1.54) is 0 Å². The van der Waals surface area contributed by atoms with Gasteiger partial charge >= 0.3 is 0 Å². The van der Waals surface area contributed by atoms with Gasteiger partial charge in [0.25, 0.3) is 5.91 Å². The summed E-state index contributed by atoms with van der Waals surface area (Å²) in [5, 5.41) is 6.49. The Balaban J connectivity index is 1.75. The molecule has 2 aromatic heterocycles. The number of aromatic nitrogens is 4. The van der Waals surface area contributed by atoms with Gasteiger partial charge in [0.2, 0.25) is 0 Å². The van der Waals surface area contributed by atoms with Gasteiger partial charge in [-0.05, 0) is 19.1 Å². The van der Waals surface area contributed by atoms with Crippen molar-refractivity contribution in [3.63, 3.8) is 0 Å². The fourth-order valence-corrected chi connectivity index (χ4v) is 2.21. The first-order valence-corrected chi connectivity index (χ1v) is 6.44. The van der Waals surface area contributed by atoms with E-state index in [1.807, 2.05) is 13.0 Å². The molecule has 7 heteroatoms. The van der Waals surface area contributed by atoms with E-state index < -0.39 is 0 Å². The Morgan fingerprint density at radius 2 is 2.35 bits per heavy atom. The number of morpholine rings is 1. The van der Waals surface area contributed by atoms with E-state index in [1.54, 1.807) is 23.4 Å². The van der Waals surface area contributed by atoms with Crippen molar-refractivity contribution in [1.82, 2.24) is 25.1 Å². The van der Waals surface area contributed by atoms with Crippen LogP contribution >= 0.6 is 0 Å². The van der Waals surface area contributed by atoms with Crippen LogP contribution in [0.1, 0.15) is 28.1 Å². The third-order valence-electron chi connectivity index (χ3n) is 3.21. The molecule has 1 amide bonds. The molecular formula is C13H15N5O2. The predicted octanol–water partition coefficient (Wildman–Crippen LogP) is 0.722. The lowest BCUT2D eigenvalue weighted by atomic mass is 10.2. The highest BCUT2D eigenvalue weighted by molar-refractivity contribution is 5.92. The summed E-state index contributed by atoms with van der Waals surface area (Å²) >= 11 is 0. The standard InChI is InChI=1S/C13H15N5O2/c1-9-14-4-2-10(16-9)12-8-18(6-7-20-12)13(19)11-3-5-15-17-11/h2-5,12H,6-8H2,1H3,(H,15,17). The minimum atomic E-state index is -0.211. The molecular weight excluding hydrogens is 258 g/mol. The zero-order valence-electron chi connectivity index (χ0n) is 11.1. The number of nitrogens with zero attached hydrogens (tertiary/aromatic N) is 4. The Morgan fingerprint density at radius 1 is 1.45 bits per heavy atom. The molecule has 20 heavy (non-hydrogen) atoms. The first kappa shape index (κ1) is 12.7. The molecule has 3 heterocycles. The van der Waals surface area contributed by atoms with E-state index >= 15 is 0 Å². The average molecular weight is 273 g/mol. The molecule has 1 saturated heterocycles. The maximum atomic E-state index is 12.3. The van der Waals surface area contributed by atoms with Gasteiger partial charge in [-0.1, -0.05) is 0 Å². The second kappa shape index (κ2) is 5.38. The van der Waals surface area contributed by atoms with Crippen molar-refractivity contribution >= 4 is 5.91 Å². The monoisotopic (exact) mass is 273 g/mol. The van der Waals surface area contributed by atoms with Crippen LogP contribution in [0.25, 0.3) is 0 Å². The quantitative estimate of drug-likeness (QED) is 0.871. The summed E-state index contributed by atoms with van der Waals surface area (Å²) in [5.74, 6) is 0.629. The van der Waals surface area contributed by atoms with Crippen molar-refractivity contribution in [1.29, 1.82) is 0 Å². The smallest absolute Gasteiger partial charge is 0.272 e. The zero-order valence-corrected chi connectivity index (χ0v) is 11.1. The molecule has 0 spiro atoms. The summed E-state index contributed by atoms with van der Waals surface area (Å²) in [6.07, 6.45) is 3.06. The summed E-state index contributed by atoms with van der Waals surface area (Å²) in [5.41, 5.74) is 1.30. The van der Waals surface area contributed by atoms with Crippen molar-refractivity contribution < 1.29 is 9.53 Å². The van der Waals surface area contributed by atoms with Gasteiger partial charge in [0.15, 0.2) is 0 Å². The van der Waals surface area contributed by atoms with Gasteiger partial charge in [-0.25, -0.2) is 9.97 Å². The second-order valence-electron chi connectivity index (χ2n) is 4.61. The number of carbonyl (C=O) groups excluding carboxylic acids is 1. The number of aryl methyl sites for hydroxylation is 1. The van der Waals surface area contributed by atoms with Crippen LogP contribution < -0.4 is 0 Å². The van der Waals surface area contributed by atoms with E-state index in [4.69, 9.17) is 4.74 Å². The lowest BCUT2D eigenvalue weighted by molar-refractivity contribution is -0.0250. The first-order chi connectivity index (χ1) is 9.74. The summed E-state index contributed by atoms with van der Waals surface area (Å²) in [7, 11) is 0. The molecule has 0 radical (unpaired) electrons. The number of H-pyrrole nitrogens is 1. The molecule has 1 fully saturated rings. The van der Waals surface area contributed by atoms with Crippen LogP contribution in [-0.4, -0.2) is 50.7 Å². The molecule has 0 aliphatic carbocycles. The Labute approximate surface area is 116 Å². The highest BCUT2D eigenvalue weighted by atomic mass is 16.5. The van der Waals surface area contributed by atoms with Crippen LogP contribution in [0.15, 0.2) is 24.5 Å². The summed E-state index contributed by atoms with van der Waals surface area (Å²) in [6, 6.07) is 3.49. The Hall–Kier alpha value is -2.28. The molecule has 1 atom stereocenters. The first-order valence-electron chi connectivity index (χ1n) is 6.44. The van der Waals surface area contributed by atoms with Gasteiger partial charge in [-0.3, -0.25) is 9.89 Å². The molecule has 104 valence electrons. The lowest BCUT2D eigenvalue weighted by Gasteiger charge is -2.32. The Bertz CT molecular complexity index is 599. The van der Waals surface area contributed by atoms with E-state index in [-0.39, 0.29) is 12.0 Å². The van der Waals surface area contributed by atoms with Crippen LogP contribution in [0, 0.1) is 6.92 Å². The topological polar surface area (TPSA) is 84.0 Å². The minimum Gasteiger partial charge on any atom is -0.368 e. The van der Waals surface area contributed by atoms with E-state index in [0.29, 0.717) is 31.2 Å². The fourth-order valence-electron chi connectivity index (χ4n) is 2.21. The van der Waals surface area contributed by atoms with Gasteiger partial charge in [-0.15, -0.1) is 0 Å². The number of aromatic amines is 1. The molecule has 1 unspecified atom stereocenters. The molecule has 3 rings (SSSR count). The highest BCUT2D eigenvalue weighted by Crippen LogP contribution is 2.21. The molecule has 0 aromatic carbocycles. The number of hydrogen-bond donors (Lipinski definition) is 1. The van der Waals surface area contributed by atoms with Crippen molar-refractivity contribution in [3.8, 4) is 0 Å². The summed E-state index contributed by atoms with van der Waals surface area (Å²) in [4.78, 5) is 22.4. The maximum absolute atomic E-state index is 12.3. The largest absolute Gasteiger partial charge is 0.368 e. The van der Waals surface area contributed by atoms with Crippen molar-refractivity contribution in [2.24, 2.45) is 0 Å². The Morgan fingerprint density at radius 3 is 3.10 bits per heavy atom. The third-order valence-corrected chi connectivity index (χ3v) is 3.21. The molecule has 2 aromatic rings. The number of rotatable bonds is 2. The number of ether oxygens (including phenoxy) is 1. The van der Waals surface area contributed by atoms with Crippen molar-refractivity contribution in [2.45, 2.75) is 13.0 Å². The highest BCUT2D eigenvalue weighted by Gasteiger charge is 2.27. The molecule has 7 nitrogen and oxygen atoms in total.